The van der Waals surface area contributed by atoms with Crippen molar-refractivity contribution in [3.05, 3.63) is 53.1 Å². The molecule has 0 unspecified atom stereocenters. The fourth-order valence-corrected chi connectivity index (χ4v) is 1.74. The van der Waals surface area contributed by atoms with Crippen molar-refractivity contribution in [3.63, 3.8) is 0 Å². The highest BCUT2D eigenvalue weighted by Crippen LogP contribution is 2.29. The smallest absolute Gasteiger partial charge is 0.317 e. The highest BCUT2D eigenvalue weighted by molar-refractivity contribution is 5.37. The Bertz CT molecular complexity index is 716. The van der Waals surface area contributed by atoms with Crippen LogP contribution in [0.15, 0.2) is 30.6 Å². The van der Waals surface area contributed by atoms with Crippen molar-refractivity contribution >= 4 is 0 Å². The molecule has 4 nitrogen and oxygen atoms in total. The van der Waals surface area contributed by atoms with E-state index in [0.717, 1.165) is 12.1 Å². The first-order valence-corrected chi connectivity index (χ1v) is 5.47. The van der Waals surface area contributed by atoms with Crippen LogP contribution in [-0.4, -0.2) is 9.55 Å². The molecular weight excluding hydrogens is 269 g/mol. The van der Waals surface area contributed by atoms with Crippen molar-refractivity contribution in [1.29, 1.82) is 10.5 Å². The highest BCUT2D eigenvalue weighted by Gasteiger charge is 2.30. The van der Waals surface area contributed by atoms with Gasteiger partial charge in [-0.15, -0.1) is 0 Å². The van der Waals surface area contributed by atoms with Gasteiger partial charge in [0, 0.05) is 6.54 Å². The van der Waals surface area contributed by atoms with Crippen molar-refractivity contribution in [1.82, 2.24) is 9.55 Å². The number of rotatable bonds is 2. The Labute approximate surface area is 112 Å². The monoisotopic (exact) mass is 276 g/mol. The summed E-state index contributed by atoms with van der Waals surface area (Å²) < 4.78 is 39.1. The van der Waals surface area contributed by atoms with Gasteiger partial charge in [-0.1, -0.05) is 12.1 Å². The molecule has 1 aromatic heterocycles. The minimum atomic E-state index is -4.42. The van der Waals surface area contributed by atoms with E-state index < -0.39 is 11.7 Å². The predicted octanol–water partition coefficient (Wildman–Crippen LogP) is 2.69. The number of hydrogen-bond donors (Lipinski definition) is 0. The van der Waals surface area contributed by atoms with Crippen LogP contribution in [0.4, 0.5) is 13.2 Å². The molecule has 0 saturated heterocycles. The molecule has 0 amide bonds. The van der Waals surface area contributed by atoms with Gasteiger partial charge in [0.15, 0.2) is 11.4 Å². The van der Waals surface area contributed by atoms with Gasteiger partial charge in [-0.05, 0) is 17.7 Å². The summed E-state index contributed by atoms with van der Waals surface area (Å²) in [5.41, 5.74) is -0.392. The Morgan fingerprint density at radius 3 is 2.55 bits per heavy atom. The van der Waals surface area contributed by atoms with Crippen molar-refractivity contribution in [2.75, 3.05) is 0 Å². The molecule has 100 valence electrons. The molecule has 1 heterocycles. The van der Waals surface area contributed by atoms with E-state index in [2.05, 4.69) is 4.98 Å². The Hall–Kier alpha value is -2.80. The fraction of sp³-hybridized carbons (Fsp3) is 0.154. The molecule has 0 aliphatic heterocycles. The fourth-order valence-electron chi connectivity index (χ4n) is 1.74. The summed E-state index contributed by atoms with van der Waals surface area (Å²) in [5.74, 6) is 0. The average molecular weight is 276 g/mol. The first-order valence-electron chi connectivity index (χ1n) is 5.47. The second-order valence-electron chi connectivity index (χ2n) is 3.99. The third-order valence-corrected chi connectivity index (χ3v) is 2.66. The van der Waals surface area contributed by atoms with E-state index in [4.69, 9.17) is 10.5 Å². The van der Waals surface area contributed by atoms with E-state index in [0.29, 0.717) is 5.56 Å². The van der Waals surface area contributed by atoms with Gasteiger partial charge in [0.2, 0.25) is 0 Å². The Kier molecular flexibility index (Phi) is 3.45. The molecule has 0 saturated carbocycles. The molecule has 7 heteroatoms. The van der Waals surface area contributed by atoms with Gasteiger partial charge in [0.05, 0.1) is 11.9 Å². The molecule has 2 aromatic rings. The summed E-state index contributed by atoms with van der Waals surface area (Å²) in [7, 11) is 0. The lowest BCUT2D eigenvalue weighted by Crippen LogP contribution is -2.07. The maximum Gasteiger partial charge on any atom is 0.416 e. The molecule has 0 aliphatic rings. The van der Waals surface area contributed by atoms with Gasteiger partial charge in [0.25, 0.3) is 0 Å². The van der Waals surface area contributed by atoms with E-state index in [9.17, 15) is 13.2 Å². The number of aromatic nitrogens is 2. The van der Waals surface area contributed by atoms with Crippen LogP contribution in [0.1, 0.15) is 22.5 Å². The molecule has 0 aliphatic carbocycles. The third kappa shape index (κ3) is 2.62. The minimum absolute atomic E-state index is 0.0323. The minimum Gasteiger partial charge on any atom is -0.317 e. The molecule has 0 N–H and O–H groups in total. The second-order valence-corrected chi connectivity index (χ2v) is 3.99. The molecule has 0 atom stereocenters. The number of nitrogens with zero attached hydrogens (tertiary/aromatic N) is 4. The predicted molar refractivity (Wildman–Crippen MR) is 62.2 cm³/mol. The van der Waals surface area contributed by atoms with E-state index in [-0.39, 0.29) is 17.9 Å². The van der Waals surface area contributed by atoms with Gasteiger partial charge < -0.3 is 4.57 Å². The Morgan fingerprint density at radius 2 is 1.95 bits per heavy atom. The lowest BCUT2D eigenvalue weighted by molar-refractivity contribution is -0.137. The molecule has 0 fully saturated rings. The third-order valence-electron chi connectivity index (χ3n) is 2.66. The number of nitriles is 2. The largest absolute Gasteiger partial charge is 0.416 e. The van der Waals surface area contributed by atoms with Crippen molar-refractivity contribution < 1.29 is 13.2 Å². The molecular formula is C13H7F3N4. The average Bonchev–Trinajstić information content (AvgIpc) is 2.80. The molecule has 20 heavy (non-hydrogen) atoms. The Balaban J connectivity index is 2.35. The lowest BCUT2D eigenvalue weighted by atomic mass is 10.1. The standard InChI is InChI=1S/C13H7F3N4/c14-13(15,16)10-3-1-2-9(4-10)7-20-8-19-11(5-17)12(20)6-18/h1-4,8H,7H2. The molecule has 0 spiro atoms. The summed E-state index contributed by atoms with van der Waals surface area (Å²) in [6, 6.07) is 8.37. The van der Waals surface area contributed by atoms with Gasteiger partial charge in [-0.25, -0.2) is 4.98 Å². The molecule has 0 bridgehead atoms. The van der Waals surface area contributed by atoms with E-state index in [1.807, 2.05) is 6.07 Å². The van der Waals surface area contributed by atoms with Gasteiger partial charge in [0.1, 0.15) is 12.1 Å². The number of hydrogen-bond acceptors (Lipinski definition) is 3. The van der Waals surface area contributed by atoms with Crippen LogP contribution in [0.2, 0.25) is 0 Å². The normalized spacial score (nSPS) is 10.8. The lowest BCUT2D eigenvalue weighted by Gasteiger charge is -2.09. The number of alkyl halides is 3. The summed E-state index contributed by atoms with van der Waals surface area (Å²) >= 11 is 0. The topological polar surface area (TPSA) is 65.4 Å². The summed E-state index contributed by atoms with van der Waals surface area (Å²) in [4.78, 5) is 3.73. The van der Waals surface area contributed by atoms with Crippen LogP contribution < -0.4 is 0 Å². The van der Waals surface area contributed by atoms with E-state index in [1.165, 1.54) is 23.0 Å². The van der Waals surface area contributed by atoms with Crippen LogP contribution in [0, 0.1) is 22.7 Å². The summed E-state index contributed by atoms with van der Waals surface area (Å²) in [6.07, 6.45) is -3.15. The van der Waals surface area contributed by atoms with Gasteiger partial charge in [-0.3, -0.25) is 0 Å². The SMILES string of the molecule is N#Cc1ncn(Cc2cccc(C(F)(F)F)c2)c1C#N. The highest BCUT2D eigenvalue weighted by atomic mass is 19.4. The number of imidazole rings is 1. The quantitative estimate of drug-likeness (QED) is 0.847. The van der Waals surface area contributed by atoms with Crippen LogP contribution >= 0.6 is 0 Å². The first kappa shape index (κ1) is 13.6. The van der Waals surface area contributed by atoms with E-state index in [1.54, 1.807) is 6.07 Å². The van der Waals surface area contributed by atoms with Gasteiger partial charge in [-0.2, -0.15) is 23.7 Å². The van der Waals surface area contributed by atoms with Gasteiger partial charge >= 0.3 is 6.18 Å². The maximum atomic E-state index is 12.6. The molecule has 2 rings (SSSR count). The van der Waals surface area contributed by atoms with Crippen LogP contribution in [0.3, 0.4) is 0 Å². The Morgan fingerprint density at radius 1 is 1.20 bits per heavy atom. The molecule has 1 aromatic carbocycles. The van der Waals surface area contributed by atoms with Crippen molar-refractivity contribution in [2.45, 2.75) is 12.7 Å². The van der Waals surface area contributed by atoms with E-state index >= 15 is 0 Å². The van der Waals surface area contributed by atoms with Crippen molar-refractivity contribution in [2.24, 2.45) is 0 Å². The molecule has 0 radical (unpaired) electrons. The zero-order chi connectivity index (χ0) is 14.8. The first-order chi connectivity index (χ1) is 9.45. The zero-order valence-electron chi connectivity index (χ0n) is 10.0. The number of halogens is 3. The van der Waals surface area contributed by atoms with Crippen molar-refractivity contribution in [3.8, 4) is 12.1 Å². The number of benzene rings is 1. The second kappa shape index (κ2) is 5.06. The summed E-state index contributed by atoms with van der Waals surface area (Å²) in [5, 5.41) is 17.7. The summed E-state index contributed by atoms with van der Waals surface area (Å²) in [6.45, 7) is 0.0431. The maximum absolute atomic E-state index is 12.6. The van der Waals surface area contributed by atoms with Crippen LogP contribution in [0.25, 0.3) is 0 Å². The van der Waals surface area contributed by atoms with Crippen LogP contribution in [0.5, 0.6) is 0 Å². The van der Waals surface area contributed by atoms with Crippen LogP contribution in [-0.2, 0) is 12.7 Å². The zero-order valence-corrected chi connectivity index (χ0v) is 10.0.